The number of carboxylic acids is 1. The van der Waals surface area contributed by atoms with Crippen LogP contribution < -0.4 is 37.2 Å². The minimum Gasteiger partial charge on any atom is -0.475 e. The number of rotatable bonds is 21. The van der Waals surface area contributed by atoms with Crippen molar-refractivity contribution in [1.82, 2.24) is 62.0 Å². The quantitative estimate of drug-likeness (QED) is 0.0483. The summed E-state index contributed by atoms with van der Waals surface area (Å²) < 4.78 is 33.2. The number of aliphatic carboxylic acids is 1. The van der Waals surface area contributed by atoms with Crippen LogP contribution in [0.1, 0.15) is 123 Å². The summed E-state index contributed by atoms with van der Waals surface area (Å²) in [4.78, 5) is 113. The summed E-state index contributed by atoms with van der Waals surface area (Å²) in [6, 6.07) is 32.7. The van der Waals surface area contributed by atoms with Crippen LogP contribution in [0.2, 0.25) is 0 Å². The number of fused-ring (bicyclic) bond motifs is 2. The van der Waals surface area contributed by atoms with Gasteiger partial charge in [0, 0.05) is 37.0 Å². The van der Waals surface area contributed by atoms with Gasteiger partial charge in [-0.1, -0.05) is 140 Å². The first-order chi connectivity index (χ1) is 41.8. The number of carboxylic acid groups (broad SMARTS) is 1. The van der Waals surface area contributed by atoms with Gasteiger partial charge in [0.25, 0.3) is 5.91 Å². The van der Waals surface area contributed by atoms with Gasteiger partial charge in [-0.2, -0.15) is 13.2 Å². The van der Waals surface area contributed by atoms with Crippen molar-refractivity contribution in [3.63, 3.8) is 0 Å². The van der Waals surface area contributed by atoms with Crippen molar-refractivity contribution >= 4 is 47.3 Å². The lowest BCUT2D eigenvalue weighted by molar-refractivity contribution is -0.192. The highest BCUT2D eigenvalue weighted by atomic mass is 19.4. The fraction of sp³-hybridized carbons (Fsp3) is 0.460. The number of carbonyl (C=O) groups is 8. The smallest absolute Gasteiger partial charge is 0.475 e. The van der Waals surface area contributed by atoms with Crippen LogP contribution in [-0.2, 0) is 40.1 Å². The number of halogens is 3. The number of aromatic nitrogens is 3. The van der Waals surface area contributed by atoms with E-state index in [9.17, 15) is 41.9 Å². The van der Waals surface area contributed by atoms with Crippen LogP contribution in [0.25, 0.3) is 0 Å². The lowest BCUT2D eigenvalue weighted by atomic mass is 9.92. The van der Waals surface area contributed by atoms with Crippen LogP contribution in [0, 0.1) is 11.8 Å². The molecule has 4 aliphatic rings. The van der Waals surface area contributed by atoms with Crippen LogP contribution in [0.5, 0.6) is 0 Å². The van der Waals surface area contributed by atoms with Crippen molar-refractivity contribution in [2.75, 3.05) is 20.6 Å². The minimum atomic E-state index is -5.08. The fourth-order valence-electron chi connectivity index (χ4n) is 12.5. The van der Waals surface area contributed by atoms with E-state index in [1.165, 1.54) is 10.9 Å². The molecule has 4 saturated heterocycles. The Labute approximate surface area is 503 Å². The molecule has 0 spiro atoms. The molecule has 7 amide bonds. The van der Waals surface area contributed by atoms with Crippen LogP contribution in [0.3, 0.4) is 0 Å². The van der Waals surface area contributed by atoms with E-state index in [4.69, 9.17) is 9.90 Å². The summed E-state index contributed by atoms with van der Waals surface area (Å²) in [5.41, 5.74) is 3.62. The number of hydrogen-bond acceptors (Lipinski definition) is 12. The van der Waals surface area contributed by atoms with E-state index in [0.29, 0.717) is 64.2 Å². The molecule has 4 fully saturated rings. The van der Waals surface area contributed by atoms with Gasteiger partial charge in [0.1, 0.15) is 24.2 Å². The van der Waals surface area contributed by atoms with Crippen molar-refractivity contribution in [3.05, 3.63) is 155 Å². The normalized spacial score (nSPS) is 22.5. The van der Waals surface area contributed by atoms with Crippen molar-refractivity contribution in [1.29, 1.82) is 0 Å². The second kappa shape index (κ2) is 29.7. The molecule has 4 aliphatic heterocycles. The van der Waals surface area contributed by atoms with E-state index in [1.807, 2.05) is 135 Å². The highest BCUT2D eigenvalue weighted by Gasteiger charge is 2.50. The molecule has 24 heteroatoms. The molecular formula is C63H77F3N12O9. The topological polar surface area (TPSA) is 278 Å². The van der Waals surface area contributed by atoms with Gasteiger partial charge >= 0.3 is 12.1 Å². The first-order valence-electron chi connectivity index (χ1n) is 29.7. The van der Waals surface area contributed by atoms with Gasteiger partial charge in [0.15, 0.2) is 5.69 Å². The van der Waals surface area contributed by atoms with Crippen LogP contribution in [0.4, 0.5) is 13.2 Å². The van der Waals surface area contributed by atoms with E-state index in [-0.39, 0.29) is 66.3 Å². The van der Waals surface area contributed by atoms with Gasteiger partial charge in [-0.15, -0.1) is 5.10 Å². The summed E-state index contributed by atoms with van der Waals surface area (Å²) in [5.74, 6) is -6.31. The molecule has 10 atom stereocenters. The minimum absolute atomic E-state index is 0.000935. The maximum absolute atomic E-state index is 15.1. The molecule has 0 radical (unpaired) electrons. The number of hydrogen-bond donors (Lipinski definition) is 8. The summed E-state index contributed by atoms with van der Waals surface area (Å²) in [7, 11) is 3.38. The first kappa shape index (κ1) is 64.5. The zero-order valence-electron chi connectivity index (χ0n) is 49.1. The molecule has 1 aromatic heterocycles. The van der Waals surface area contributed by atoms with Crippen molar-refractivity contribution in [2.45, 2.75) is 151 Å². The van der Waals surface area contributed by atoms with Gasteiger partial charge in [0.05, 0.1) is 30.4 Å². The average molecular weight is 1200 g/mol. The fourth-order valence-corrected chi connectivity index (χ4v) is 12.5. The van der Waals surface area contributed by atoms with Crippen molar-refractivity contribution in [3.8, 4) is 0 Å². The molecule has 8 N–H and O–H groups in total. The number of amides is 7. The molecule has 5 heterocycles. The van der Waals surface area contributed by atoms with E-state index < -0.39 is 78.2 Å². The number of benzene rings is 4. The van der Waals surface area contributed by atoms with Crippen LogP contribution in [0.15, 0.2) is 128 Å². The van der Waals surface area contributed by atoms with E-state index >= 15 is 4.79 Å². The molecule has 87 heavy (non-hydrogen) atoms. The first-order valence-corrected chi connectivity index (χ1v) is 29.7. The molecular weight excluding hydrogens is 1130 g/mol. The Bertz CT molecular complexity index is 3070. The van der Waals surface area contributed by atoms with Crippen LogP contribution >= 0.6 is 0 Å². The number of carbonyl (C=O) groups excluding carboxylic acids is 7. The maximum atomic E-state index is 15.1. The zero-order chi connectivity index (χ0) is 62.4. The largest absolute Gasteiger partial charge is 0.490 e. The molecule has 9 rings (SSSR count). The van der Waals surface area contributed by atoms with Crippen molar-refractivity contribution in [2.24, 2.45) is 11.8 Å². The number of nitrogens with one attached hydrogen (secondary N) is 7. The zero-order valence-corrected chi connectivity index (χ0v) is 49.1. The molecule has 464 valence electrons. The van der Waals surface area contributed by atoms with E-state index in [2.05, 4.69) is 47.5 Å². The highest BCUT2D eigenvalue weighted by molar-refractivity contribution is 5.96. The molecule has 5 aromatic rings. The Morgan fingerprint density at radius 1 is 0.575 bits per heavy atom. The Morgan fingerprint density at radius 3 is 1.31 bits per heavy atom. The second-order valence-corrected chi connectivity index (χ2v) is 22.5. The SMILES string of the molecule is CC[C@H](NC)C(=O)N[C@@H]1C(=O)N2[C@@H](CC[C@@H]1CNC(=O)c1cn(C[C@H]3CC[C@H]4CC[C@@H](C(=O)NC(c5ccccc5)c5ccccc5)N4C(=O)[C@H]3NC(=O)[C@H](CC)NC)nn1)CC[C@H]2C(=O)NC(c1ccccc1)c1ccccc1.O=C(O)C(F)(F)F. The summed E-state index contributed by atoms with van der Waals surface area (Å²) >= 11 is 0. The Morgan fingerprint density at radius 2 is 0.943 bits per heavy atom. The second-order valence-electron chi connectivity index (χ2n) is 22.5. The summed E-state index contributed by atoms with van der Waals surface area (Å²) in [6.45, 7) is 3.90. The third kappa shape index (κ3) is 15.7. The van der Waals surface area contributed by atoms with Crippen LogP contribution in [-0.4, -0.2) is 152 Å². The predicted molar refractivity (Wildman–Crippen MR) is 315 cm³/mol. The number of likely N-dealkylation sites (N-methyl/N-ethyl adjacent to an activating group) is 2. The molecule has 4 aromatic carbocycles. The van der Waals surface area contributed by atoms with Crippen molar-refractivity contribution < 1.29 is 56.6 Å². The van der Waals surface area contributed by atoms with E-state index in [1.54, 1.807) is 23.9 Å². The Balaban J connectivity index is 0.00000132. The molecule has 21 nitrogen and oxygen atoms in total. The molecule has 0 bridgehead atoms. The van der Waals surface area contributed by atoms with E-state index in [0.717, 1.165) is 22.3 Å². The van der Waals surface area contributed by atoms with Gasteiger partial charge in [-0.25, -0.2) is 4.79 Å². The average Bonchev–Trinajstić information content (AvgIpc) is 1.98. The lowest BCUT2D eigenvalue weighted by Gasteiger charge is -2.33. The Hall–Kier alpha value is -8.51. The third-order valence-electron chi connectivity index (χ3n) is 17.1. The monoisotopic (exact) mass is 1200 g/mol. The number of nitrogens with zero attached hydrogens (tertiary/aromatic N) is 5. The van der Waals surface area contributed by atoms with Gasteiger partial charge in [-0.05, 0) is 101 Å². The van der Waals surface area contributed by atoms with Gasteiger partial charge in [0.2, 0.25) is 35.4 Å². The third-order valence-corrected chi connectivity index (χ3v) is 17.1. The predicted octanol–water partition coefficient (Wildman–Crippen LogP) is 4.96. The molecule has 0 saturated carbocycles. The van der Waals surface area contributed by atoms with Gasteiger partial charge < -0.3 is 52.1 Å². The summed E-state index contributed by atoms with van der Waals surface area (Å²) in [6.07, 6.45) is 1.64. The molecule has 0 unspecified atom stereocenters. The Kier molecular flexibility index (Phi) is 22.0. The molecule has 0 aliphatic carbocycles. The number of alkyl halides is 3. The summed E-state index contributed by atoms with van der Waals surface area (Å²) in [5, 5.41) is 37.4. The highest BCUT2D eigenvalue weighted by Crippen LogP contribution is 2.37. The standard InChI is InChI=1S/C61H76N12O7.C2HF3O2/c1-5-46(62-3)56(75)67-53-42(27-29-44-31-33-49(72(44)60(53)79)58(77)65-51(38-19-11-7-12-20-38)39-21-13-8-14-22-39)35-64-55(74)48-37-71(70-69-48)36-43-28-30-45-32-34-50(73(45)61(80)54(43)68-57(76)47(6-2)63-4)59(78)66-52(40-23-15-9-16-24-40)41-25-17-10-18-26-41;3-2(4,5)1(6)7/h7-26,37,42-47,49-54,62-63H,5-6,27-36H2,1-4H3,(H,64,74)(H,65,77)(H,66,78)(H,67,75)(H,68,76);(H,6,7)/t42-,43-,44+,45+,46+,47+,49+,50+,53+,54+;/m1./s1. The maximum Gasteiger partial charge on any atom is 0.490 e. The van der Waals surface area contributed by atoms with Gasteiger partial charge in [-0.3, -0.25) is 38.2 Å². The lowest BCUT2D eigenvalue weighted by Crippen LogP contribution is -2.59.